The number of benzene rings is 1. The third kappa shape index (κ3) is 2.59. The van der Waals surface area contributed by atoms with Crippen LogP contribution in [0.2, 0.25) is 0 Å². The molecular weight excluding hydrogens is 306 g/mol. The molecule has 0 saturated carbocycles. The number of pyridine rings is 1. The summed E-state index contributed by atoms with van der Waals surface area (Å²) in [6.45, 7) is 0.617. The molecule has 4 N–H and O–H groups in total. The molecule has 1 aromatic carbocycles. The van der Waals surface area contributed by atoms with Crippen LogP contribution in [0.15, 0.2) is 36.7 Å². The van der Waals surface area contributed by atoms with E-state index in [1.165, 1.54) is 0 Å². The first kappa shape index (κ1) is 14.6. The average molecular weight is 323 g/mol. The topological polar surface area (TPSA) is 106 Å². The van der Waals surface area contributed by atoms with Crippen LogP contribution in [0.3, 0.4) is 0 Å². The van der Waals surface area contributed by atoms with Crippen LogP contribution in [-0.2, 0) is 0 Å². The van der Waals surface area contributed by atoms with Crippen LogP contribution in [0, 0.1) is 0 Å². The molecule has 1 aliphatic heterocycles. The van der Waals surface area contributed by atoms with Crippen molar-refractivity contribution in [3.8, 4) is 5.75 Å². The van der Waals surface area contributed by atoms with Crippen LogP contribution in [0.25, 0.3) is 11.0 Å². The number of nitrogens with zero attached hydrogens (tertiary/aromatic N) is 2. The fourth-order valence-electron chi connectivity index (χ4n) is 2.90. The van der Waals surface area contributed by atoms with Gasteiger partial charge in [-0.3, -0.25) is 9.89 Å². The molecule has 7 nitrogen and oxygen atoms in total. The van der Waals surface area contributed by atoms with Gasteiger partial charge in [0.1, 0.15) is 5.75 Å². The zero-order chi connectivity index (χ0) is 16.5. The Balaban J connectivity index is 1.63. The number of fused-ring (bicyclic) bond motifs is 2. The van der Waals surface area contributed by atoms with E-state index in [1.807, 2.05) is 6.07 Å². The van der Waals surface area contributed by atoms with E-state index in [-0.39, 0.29) is 11.9 Å². The number of rotatable bonds is 2. The Kier molecular flexibility index (Phi) is 3.62. The van der Waals surface area contributed by atoms with Crippen molar-refractivity contribution in [2.24, 2.45) is 5.73 Å². The second-order valence-corrected chi connectivity index (χ2v) is 5.79. The third-order valence-corrected chi connectivity index (χ3v) is 4.19. The van der Waals surface area contributed by atoms with E-state index in [0.29, 0.717) is 29.3 Å². The van der Waals surface area contributed by atoms with Gasteiger partial charge in [-0.2, -0.15) is 5.10 Å². The highest BCUT2D eigenvalue weighted by atomic mass is 16.5. The van der Waals surface area contributed by atoms with Crippen LogP contribution in [0.1, 0.15) is 34.8 Å². The molecule has 1 atom stereocenters. The van der Waals surface area contributed by atoms with E-state index in [2.05, 4.69) is 20.5 Å². The van der Waals surface area contributed by atoms with E-state index >= 15 is 0 Å². The monoisotopic (exact) mass is 323 g/mol. The van der Waals surface area contributed by atoms with Gasteiger partial charge >= 0.3 is 0 Å². The highest BCUT2D eigenvalue weighted by molar-refractivity contribution is 6.08. The van der Waals surface area contributed by atoms with Gasteiger partial charge in [-0.1, -0.05) is 6.07 Å². The summed E-state index contributed by atoms with van der Waals surface area (Å²) in [5.41, 5.74) is 8.91. The number of aromatic nitrogens is 3. The lowest BCUT2D eigenvalue weighted by Gasteiger charge is -2.13. The number of H-pyrrole nitrogens is 1. The molecule has 1 amide bonds. The van der Waals surface area contributed by atoms with E-state index in [4.69, 9.17) is 10.5 Å². The first-order valence-corrected chi connectivity index (χ1v) is 7.84. The maximum Gasteiger partial charge on any atom is 0.255 e. The van der Waals surface area contributed by atoms with Gasteiger partial charge in [-0.25, -0.2) is 4.98 Å². The van der Waals surface area contributed by atoms with Gasteiger partial charge in [0.2, 0.25) is 0 Å². The Morgan fingerprint density at radius 1 is 1.38 bits per heavy atom. The van der Waals surface area contributed by atoms with Gasteiger partial charge < -0.3 is 15.8 Å². The molecule has 0 unspecified atom stereocenters. The molecular formula is C17H17N5O2. The van der Waals surface area contributed by atoms with Crippen LogP contribution in [0.5, 0.6) is 5.75 Å². The SMILES string of the molecule is N[C@@H]1CCCOc2cc(C(=O)Nc3ccnc4[nH]ncc34)ccc21. The minimum absolute atomic E-state index is 0.0506. The third-order valence-electron chi connectivity index (χ3n) is 4.19. The van der Waals surface area contributed by atoms with Crippen molar-refractivity contribution in [2.75, 3.05) is 11.9 Å². The molecule has 3 aromatic rings. The van der Waals surface area contributed by atoms with Crippen LogP contribution < -0.4 is 15.8 Å². The lowest BCUT2D eigenvalue weighted by atomic mass is 10.0. The molecule has 122 valence electrons. The summed E-state index contributed by atoms with van der Waals surface area (Å²) in [6, 6.07) is 7.09. The number of nitrogens with one attached hydrogen (secondary N) is 2. The molecule has 7 heteroatoms. The number of ether oxygens (including phenoxy) is 1. The number of aromatic amines is 1. The van der Waals surface area contributed by atoms with Crippen molar-refractivity contribution in [3.63, 3.8) is 0 Å². The molecule has 0 aliphatic carbocycles. The van der Waals surface area contributed by atoms with E-state index in [9.17, 15) is 4.79 Å². The van der Waals surface area contributed by atoms with E-state index < -0.39 is 0 Å². The number of carbonyl (C=O) groups is 1. The van der Waals surface area contributed by atoms with Crippen molar-refractivity contribution >= 4 is 22.6 Å². The Hall–Kier alpha value is -2.93. The fraction of sp³-hybridized carbons (Fsp3) is 0.235. The lowest BCUT2D eigenvalue weighted by Crippen LogP contribution is -2.14. The molecule has 24 heavy (non-hydrogen) atoms. The molecule has 0 radical (unpaired) electrons. The zero-order valence-corrected chi connectivity index (χ0v) is 13.0. The molecule has 0 spiro atoms. The van der Waals surface area contributed by atoms with Crippen molar-refractivity contribution in [1.29, 1.82) is 0 Å². The highest BCUT2D eigenvalue weighted by Gasteiger charge is 2.18. The number of carbonyl (C=O) groups excluding carboxylic acids is 1. The molecule has 1 aliphatic rings. The quantitative estimate of drug-likeness (QED) is 0.671. The largest absolute Gasteiger partial charge is 0.493 e. The number of amides is 1. The van der Waals surface area contributed by atoms with E-state index in [0.717, 1.165) is 23.8 Å². The molecule has 4 rings (SSSR count). The van der Waals surface area contributed by atoms with Crippen molar-refractivity contribution < 1.29 is 9.53 Å². The molecule has 0 saturated heterocycles. The molecule has 0 fully saturated rings. The summed E-state index contributed by atoms with van der Waals surface area (Å²) < 4.78 is 5.73. The van der Waals surface area contributed by atoms with Gasteiger partial charge in [-0.15, -0.1) is 0 Å². The van der Waals surface area contributed by atoms with E-state index in [1.54, 1.807) is 30.6 Å². The molecule has 2 aromatic heterocycles. The maximum absolute atomic E-state index is 12.6. The average Bonchev–Trinajstić information content (AvgIpc) is 3.00. The van der Waals surface area contributed by atoms with Gasteiger partial charge in [0.25, 0.3) is 5.91 Å². The van der Waals surface area contributed by atoms with Gasteiger partial charge in [-0.05, 0) is 31.0 Å². The zero-order valence-electron chi connectivity index (χ0n) is 13.0. The fourth-order valence-corrected chi connectivity index (χ4v) is 2.90. The van der Waals surface area contributed by atoms with Crippen molar-refractivity contribution in [3.05, 3.63) is 47.8 Å². The smallest absolute Gasteiger partial charge is 0.255 e. The van der Waals surface area contributed by atoms with Gasteiger partial charge in [0.15, 0.2) is 5.65 Å². The summed E-state index contributed by atoms with van der Waals surface area (Å²) in [6.07, 6.45) is 5.05. The highest BCUT2D eigenvalue weighted by Crippen LogP contribution is 2.31. The summed E-state index contributed by atoms with van der Waals surface area (Å²) in [5.74, 6) is 0.476. The second-order valence-electron chi connectivity index (χ2n) is 5.79. The molecule has 0 bridgehead atoms. The lowest BCUT2D eigenvalue weighted by molar-refractivity contribution is 0.102. The van der Waals surface area contributed by atoms with Crippen molar-refractivity contribution in [2.45, 2.75) is 18.9 Å². The first-order valence-electron chi connectivity index (χ1n) is 7.84. The second kappa shape index (κ2) is 5.93. The van der Waals surface area contributed by atoms with Crippen LogP contribution in [-0.4, -0.2) is 27.7 Å². The van der Waals surface area contributed by atoms with Gasteiger partial charge in [0.05, 0.1) is 23.9 Å². The predicted octanol–water partition coefficient (Wildman–Crippen LogP) is 2.38. The number of hydrogen-bond acceptors (Lipinski definition) is 5. The number of hydrogen-bond donors (Lipinski definition) is 3. The summed E-state index contributed by atoms with van der Waals surface area (Å²) in [5, 5.41) is 10.4. The summed E-state index contributed by atoms with van der Waals surface area (Å²) in [7, 11) is 0. The normalized spacial score (nSPS) is 17.0. The van der Waals surface area contributed by atoms with Gasteiger partial charge in [0, 0.05) is 23.4 Å². The number of anilines is 1. The van der Waals surface area contributed by atoms with Crippen LogP contribution >= 0.6 is 0 Å². The first-order chi connectivity index (χ1) is 11.7. The Morgan fingerprint density at radius 2 is 2.29 bits per heavy atom. The minimum atomic E-state index is -0.215. The number of nitrogens with two attached hydrogens (primary N) is 1. The summed E-state index contributed by atoms with van der Waals surface area (Å²) >= 11 is 0. The molecule has 3 heterocycles. The van der Waals surface area contributed by atoms with Crippen molar-refractivity contribution in [1.82, 2.24) is 15.2 Å². The minimum Gasteiger partial charge on any atom is -0.493 e. The maximum atomic E-state index is 12.6. The van der Waals surface area contributed by atoms with Crippen LogP contribution in [0.4, 0.5) is 5.69 Å². The Bertz CT molecular complexity index is 905. The predicted molar refractivity (Wildman–Crippen MR) is 89.9 cm³/mol. The standard InChI is InChI=1S/C17H17N5O2/c18-13-2-1-7-24-15-8-10(3-4-11(13)15)17(23)21-14-5-6-19-16-12(14)9-20-22-16/h3-6,8-9,13H,1-2,7,18H2,(H2,19,20,21,22,23)/t13-/m1/s1. The summed E-state index contributed by atoms with van der Waals surface area (Å²) in [4.78, 5) is 16.7. The Morgan fingerprint density at radius 3 is 3.21 bits per heavy atom. The Labute approximate surface area is 138 Å².